The molecule has 0 spiro atoms. The molecule has 5 heteroatoms. The number of allylic oxidation sites excluding steroid dienone is 1. The van der Waals surface area contributed by atoms with Gasteiger partial charge < -0.3 is 19.3 Å². The number of hydrogen-bond acceptors (Lipinski definition) is 5. The first kappa shape index (κ1) is 20.3. The molecule has 5 atom stereocenters. The first-order valence-corrected chi connectivity index (χ1v) is 9.90. The third-order valence-electron chi connectivity index (χ3n) is 5.97. The summed E-state index contributed by atoms with van der Waals surface area (Å²) in [5, 5.41) is 10.2. The SMILES string of the molecule is CC(=O)O[C@H]1/C=C(\C)CC[C@@H]2O[C@]2(C)CCC2=C(C)C(O)O[C@H]2/C=C(\C)C1. The molecular formula is C22H32O5. The highest BCUT2D eigenvalue weighted by Crippen LogP contribution is 2.45. The molecule has 5 nitrogen and oxygen atoms in total. The number of hydrogen-bond donors (Lipinski definition) is 1. The lowest BCUT2D eigenvalue weighted by atomic mass is 9.90. The highest BCUT2D eigenvalue weighted by Gasteiger charge is 2.51. The van der Waals surface area contributed by atoms with Crippen molar-refractivity contribution in [2.75, 3.05) is 0 Å². The van der Waals surface area contributed by atoms with Gasteiger partial charge in [-0.15, -0.1) is 0 Å². The molecule has 0 bridgehead atoms. The van der Waals surface area contributed by atoms with E-state index < -0.39 is 6.29 Å². The second-order valence-electron chi connectivity index (χ2n) is 8.45. The van der Waals surface area contributed by atoms with Gasteiger partial charge in [-0.25, -0.2) is 0 Å². The molecule has 0 radical (unpaired) electrons. The molecule has 3 rings (SSSR count). The van der Waals surface area contributed by atoms with Crippen molar-refractivity contribution in [3.8, 4) is 0 Å². The number of aliphatic hydroxyl groups is 1. The molecule has 0 aromatic heterocycles. The number of rotatable bonds is 1. The Balaban J connectivity index is 1.87. The van der Waals surface area contributed by atoms with Crippen molar-refractivity contribution in [3.05, 3.63) is 34.4 Å². The maximum Gasteiger partial charge on any atom is 0.303 e. The molecule has 2 aliphatic heterocycles. The van der Waals surface area contributed by atoms with Gasteiger partial charge in [-0.05, 0) is 70.6 Å². The molecule has 27 heavy (non-hydrogen) atoms. The van der Waals surface area contributed by atoms with Crippen molar-refractivity contribution in [2.24, 2.45) is 0 Å². The molecule has 1 saturated heterocycles. The highest BCUT2D eigenvalue weighted by molar-refractivity contribution is 5.66. The normalized spacial score (nSPS) is 41.4. The smallest absolute Gasteiger partial charge is 0.303 e. The lowest BCUT2D eigenvalue weighted by Crippen LogP contribution is -2.18. The van der Waals surface area contributed by atoms with Gasteiger partial charge in [0.25, 0.3) is 0 Å². The summed E-state index contributed by atoms with van der Waals surface area (Å²) < 4.78 is 17.3. The number of epoxide rings is 1. The lowest BCUT2D eigenvalue weighted by molar-refractivity contribution is -0.144. The van der Waals surface area contributed by atoms with Crippen LogP contribution in [0.2, 0.25) is 0 Å². The van der Waals surface area contributed by atoms with Crippen molar-refractivity contribution in [1.29, 1.82) is 0 Å². The summed E-state index contributed by atoms with van der Waals surface area (Å²) in [5.41, 5.74) is 4.25. The molecule has 0 amide bonds. The third-order valence-corrected chi connectivity index (χ3v) is 5.97. The number of esters is 1. The van der Waals surface area contributed by atoms with E-state index in [0.29, 0.717) is 6.42 Å². The first-order valence-electron chi connectivity index (χ1n) is 9.90. The van der Waals surface area contributed by atoms with Gasteiger partial charge in [0.05, 0.1) is 11.7 Å². The number of ether oxygens (including phenoxy) is 3. The van der Waals surface area contributed by atoms with Crippen molar-refractivity contribution >= 4 is 5.97 Å². The van der Waals surface area contributed by atoms with E-state index in [9.17, 15) is 9.90 Å². The van der Waals surface area contributed by atoms with Crippen LogP contribution in [0, 0.1) is 0 Å². The fourth-order valence-corrected chi connectivity index (χ4v) is 4.19. The summed E-state index contributed by atoms with van der Waals surface area (Å²) in [6.07, 6.45) is 7.32. The average Bonchev–Trinajstić information content (AvgIpc) is 3.13. The molecule has 0 aromatic rings. The minimum atomic E-state index is -0.847. The molecule has 1 fully saturated rings. The highest BCUT2D eigenvalue weighted by atomic mass is 16.6. The molecule has 3 aliphatic rings. The van der Waals surface area contributed by atoms with Crippen molar-refractivity contribution in [3.63, 3.8) is 0 Å². The van der Waals surface area contributed by atoms with Crippen LogP contribution >= 0.6 is 0 Å². The minimum absolute atomic E-state index is 0.0934. The zero-order valence-corrected chi connectivity index (χ0v) is 17.1. The monoisotopic (exact) mass is 376 g/mol. The Morgan fingerprint density at radius 3 is 2.67 bits per heavy atom. The van der Waals surface area contributed by atoms with Crippen LogP contribution in [0.25, 0.3) is 0 Å². The Bertz CT molecular complexity index is 689. The van der Waals surface area contributed by atoms with Crippen LogP contribution in [-0.2, 0) is 19.0 Å². The zero-order chi connectivity index (χ0) is 19.8. The van der Waals surface area contributed by atoms with E-state index >= 15 is 0 Å². The Hall–Kier alpha value is -1.43. The van der Waals surface area contributed by atoms with Crippen molar-refractivity contribution < 1.29 is 24.1 Å². The van der Waals surface area contributed by atoms with Crippen LogP contribution in [0.15, 0.2) is 34.4 Å². The summed E-state index contributed by atoms with van der Waals surface area (Å²) in [6.45, 7) is 9.66. The maximum atomic E-state index is 11.5. The van der Waals surface area contributed by atoms with Crippen LogP contribution in [0.3, 0.4) is 0 Å². The van der Waals surface area contributed by atoms with E-state index in [1.807, 2.05) is 19.9 Å². The van der Waals surface area contributed by atoms with Crippen LogP contribution in [0.4, 0.5) is 0 Å². The van der Waals surface area contributed by atoms with E-state index in [4.69, 9.17) is 14.2 Å². The van der Waals surface area contributed by atoms with Crippen LogP contribution in [0.5, 0.6) is 0 Å². The fourth-order valence-electron chi connectivity index (χ4n) is 4.19. The molecule has 1 aliphatic carbocycles. The van der Waals surface area contributed by atoms with Gasteiger partial charge in [0.2, 0.25) is 0 Å². The Labute approximate surface area is 162 Å². The first-order chi connectivity index (χ1) is 12.7. The van der Waals surface area contributed by atoms with Gasteiger partial charge in [-0.2, -0.15) is 0 Å². The van der Waals surface area contributed by atoms with Gasteiger partial charge in [-0.3, -0.25) is 4.79 Å². The van der Waals surface area contributed by atoms with Crippen LogP contribution < -0.4 is 0 Å². The maximum absolute atomic E-state index is 11.5. The molecule has 1 unspecified atom stereocenters. The van der Waals surface area contributed by atoms with Crippen molar-refractivity contribution in [1.82, 2.24) is 0 Å². The predicted molar refractivity (Wildman–Crippen MR) is 103 cm³/mol. The molecule has 2 heterocycles. The largest absolute Gasteiger partial charge is 0.458 e. The second kappa shape index (κ2) is 7.90. The molecule has 0 aromatic carbocycles. The number of aliphatic hydroxyl groups excluding tert-OH is 1. The van der Waals surface area contributed by atoms with Gasteiger partial charge in [0.1, 0.15) is 12.2 Å². The average molecular weight is 376 g/mol. The second-order valence-corrected chi connectivity index (χ2v) is 8.45. The van der Waals surface area contributed by atoms with E-state index in [1.54, 1.807) is 0 Å². The van der Waals surface area contributed by atoms with Gasteiger partial charge in [-0.1, -0.05) is 17.2 Å². The Morgan fingerprint density at radius 1 is 1.22 bits per heavy atom. The molecule has 150 valence electrons. The van der Waals surface area contributed by atoms with E-state index in [2.05, 4.69) is 19.9 Å². The summed E-state index contributed by atoms with van der Waals surface area (Å²) in [6, 6.07) is 0. The number of fused-ring (bicyclic) bond motifs is 2. The predicted octanol–water partition coefficient (Wildman–Crippen LogP) is 3.97. The van der Waals surface area contributed by atoms with Crippen LogP contribution in [-0.4, -0.2) is 41.3 Å². The topological polar surface area (TPSA) is 68.3 Å². The van der Waals surface area contributed by atoms with E-state index in [-0.39, 0.29) is 29.9 Å². The van der Waals surface area contributed by atoms with Gasteiger partial charge in [0.15, 0.2) is 6.29 Å². The van der Waals surface area contributed by atoms with E-state index in [0.717, 1.165) is 42.4 Å². The van der Waals surface area contributed by atoms with Gasteiger partial charge in [0, 0.05) is 13.3 Å². The quantitative estimate of drug-likeness (QED) is 0.426. The Kier molecular flexibility index (Phi) is 5.94. The summed E-state index contributed by atoms with van der Waals surface area (Å²) in [7, 11) is 0. The number of carbonyl (C=O) groups is 1. The summed E-state index contributed by atoms with van der Waals surface area (Å²) in [4.78, 5) is 11.5. The minimum Gasteiger partial charge on any atom is -0.458 e. The standard InChI is InChI=1S/C22H32O5/c1-13-6-7-20-22(5,27-20)9-8-18-15(3)21(24)26-19(18)12-14(2)11-17(10-13)25-16(4)23/h10,12,17,19-21,24H,6-9,11H2,1-5H3/b13-10+,14-12+/t17-,19-,20-,21?,22+/m0/s1. The molecule has 1 N–H and O–H groups in total. The fraction of sp³-hybridized carbons (Fsp3) is 0.682. The van der Waals surface area contributed by atoms with Crippen molar-refractivity contribution in [2.45, 2.75) is 96.9 Å². The molecular weight excluding hydrogens is 344 g/mol. The zero-order valence-electron chi connectivity index (χ0n) is 17.1. The Morgan fingerprint density at radius 2 is 1.96 bits per heavy atom. The number of carbonyl (C=O) groups excluding carboxylic acids is 1. The summed E-state index contributed by atoms with van der Waals surface area (Å²) in [5.74, 6) is -0.278. The van der Waals surface area contributed by atoms with Crippen LogP contribution in [0.1, 0.15) is 66.7 Å². The summed E-state index contributed by atoms with van der Waals surface area (Å²) >= 11 is 0. The third kappa shape index (κ3) is 4.89. The van der Waals surface area contributed by atoms with Gasteiger partial charge >= 0.3 is 5.97 Å². The van der Waals surface area contributed by atoms with E-state index in [1.165, 1.54) is 12.5 Å². The molecule has 0 saturated carbocycles. The lowest BCUT2D eigenvalue weighted by Gasteiger charge is -2.18.